The molecule has 8 nitrogen and oxygen atoms in total. The second kappa shape index (κ2) is 9.81. The molecule has 38 heavy (non-hydrogen) atoms. The Kier molecular flexibility index (Phi) is 6.15. The summed E-state index contributed by atoms with van der Waals surface area (Å²) >= 11 is 0. The van der Waals surface area contributed by atoms with Gasteiger partial charge in [-0.1, -0.05) is 0 Å². The number of nitrogens with one attached hydrogen (secondary N) is 1. The molecular weight excluding hydrogens is 472 g/mol. The summed E-state index contributed by atoms with van der Waals surface area (Å²) < 4.78 is 0. The van der Waals surface area contributed by atoms with Crippen LogP contribution in [0.1, 0.15) is 30.0 Å². The smallest absolute Gasteiger partial charge is 0.128 e. The van der Waals surface area contributed by atoms with Crippen LogP contribution in [0, 0.1) is 11.3 Å². The van der Waals surface area contributed by atoms with Gasteiger partial charge in [-0.25, -0.2) is 4.98 Å². The second-order valence-corrected chi connectivity index (χ2v) is 11.4. The van der Waals surface area contributed by atoms with Crippen LogP contribution < -0.4 is 15.1 Å². The normalized spacial score (nSPS) is 26.3. The van der Waals surface area contributed by atoms with Crippen LogP contribution in [0.2, 0.25) is 0 Å². The van der Waals surface area contributed by atoms with E-state index in [4.69, 9.17) is 4.98 Å². The average Bonchev–Trinajstić information content (AvgIpc) is 3.41. The Hall–Kier alpha value is -3.25. The number of hydrogen-bond acceptors (Lipinski definition) is 8. The second-order valence-electron chi connectivity index (χ2n) is 11.4. The molecule has 0 unspecified atom stereocenters. The molecule has 4 aliphatic heterocycles. The van der Waals surface area contributed by atoms with Crippen molar-refractivity contribution in [2.24, 2.45) is 0 Å². The SMILES string of the molecule is C[C@@H]1CN(c2ccc(C#N)c3ncccc23)C[C@@H]2C[C@@H](N3CCN(c4cc5c(cn4)CCNC5)CC3)CN21. The van der Waals surface area contributed by atoms with E-state index in [1.54, 1.807) is 6.20 Å². The zero-order chi connectivity index (χ0) is 25.6. The van der Waals surface area contributed by atoms with E-state index in [-0.39, 0.29) is 0 Å². The molecule has 0 aliphatic carbocycles. The van der Waals surface area contributed by atoms with E-state index in [9.17, 15) is 5.26 Å². The largest absolute Gasteiger partial charge is 0.368 e. The number of piperazine rings is 2. The highest BCUT2D eigenvalue weighted by molar-refractivity contribution is 5.95. The van der Waals surface area contributed by atoms with Crippen LogP contribution in [-0.2, 0) is 13.0 Å². The van der Waals surface area contributed by atoms with Gasteiger partial charge in [-0.05, 0) is 67.8 Å². The van der Waals surface area contributed by atoms with Gasteiger partial charge in [0.2, 0.25) is 0 Å². The lowest BCUT2D eigenvalue weighted by molar-refractivity contribution is 0.149. The summed E-state index contributed by atoms with van der Waals surface area (Å²) in [6.45, 7) is 11.9. The van der Waals surface area contributed by atoms with Crippen LogP contribution in [0.3, 0.4) is 0 Å². The van der Waals surface area contributed by atoms with Crippen LogP contribution in [0.25, 0.3) is 10.9 Å². The number of anilines is 2. The Balaban J connectivity index is 1.02. The third-order valence-electron chi connectivity index (χ3n) is 9.23. The molecule has 2 aromatic heterocycles. The van der Waals surface area contributed by atoms with Gasteiger partial charge in [0.25, 0.3) is 0 Å². The summed E-state index contributed by atoms with van der Waals surface area (Å²) in [7, 11) is 0. The van der Waals surface area contributed by atoms with Gasteiger partial charge >= 0.3 is 0 Å². The van der Waals surface area contributed by atoms with Gasteiger partial charge in [0.15, 0.2) is 0 Å². The number of benzene rings is 1. The van der Waals surface area contributed by atoms with Crippen molar-refractivity contribution in [2.45, 2.75) is 44.4 Å². The molecule has 1 aromatic carbocycles. The van der Waals surface area contributed by atoms with Crippen LogP contribution in [-0.4, -0.2) is 90.3 Å². The zero-order valence-electron chi connectivity index (χ0n) is 22.2. The maximum absolute atomic E-state index is 9.56. The van der Waals surface area contributed by atoms with E-state index in [2.05, 4.69) is 67.3 Å². The molecule has 6 heterocycles. The van der Waals surface area contributed by atoms with E-state index in [1.807, 2.05) is 12.1 Å². The van der Waals surface area contributed by atoms with E-state index < -0.39 is 0 Å². The first-order chi connectivity index (χ1) is 18.7. The predicted octanol–water partition coefficient (Wildman–Crippen LogP) is 2.62. The summed E-state index contributed by atoms with van der Waals surface area (Å²) in [5.41, 5.74) is 5.50. The number of hydrogen-bond donors (Lipinski definition) is 1. The minimum absolute atomic E-state index is 0.496. The maximum atomic E-state index is 9.56. The molecule has 0 saturated carbocycles. The van der Waals surface area contributed by atoms with Gasteiger partial charge in [-0.15, -0.1) is 0 Å². The highest BCUT2D eigenvalue weighted by Crippen LogP contribution is 2.35. The van der Waals surface area contributed by atoms with Crippen molar-refractivity contribution in [3.63, 3.8) is 0 Å². The van der Waals surface area contributed by atoms with Crippen LogP contribution >= 0.6 is 0 Å². The van der Waals surface area contributed by atoms with E-state index in [0.717, 1.165) is 82.0 Å². The van der Waals surface area contributed by atoms with Crippen LogP contribution in [0.15, 0.2) is 42.7 Å². The quantitative estimate of drug-likeness (QED) is 0.579. The highest BCUT2D eigenvalue weighted by Gasteiger charge is 2.42. The van der Waals surface area contributed by atoms with E-state index in [0.29, 0.717) is 23.7 Å². The number of fused-ring (bicyclic) bond motifs is 3. The van der Waals surface area contributed by atoms with Gasteiger partial charge in [0.1, 0.15) is 11.9 Å². The molecule has 3 fully saturated rings. The fraction of sp³-hybridized carbons (Fsp3) is 0.500. The Bertz CT molecular complexity index is 1370. The molecule has 7 rings (SSSR count). The summed E-state index contributed by atoms with van der Waals surface area (Å²) in [5, 5.41) is 14.1. The molecule has 3 saturated heterocycles. The molecule has 0 bridgehead atoms. The molecule has 8 heteroatoms. The van der Waals surface area contributed by atoms with E-state index in [1.165, 1.54) is 23.2 Å². The number of pyridine rings is 2. The highest BCUT2D eigenvalue weighted by atomic mass is 15.4. The van der Waals surface area contributed by atoms with Gasteiger partial charge in [-0.3, -0.25) is 14.8 Å². The lowest BCUT2D eigenvalue weighted by atomic mass is 10.0. The molecule has 196 valence electrons. The lowest BCUT2D eigenvalue weighted by Crippen LogP contribution is -2.55. The number of rotatable bonds is 3. The van der Waals surface area contributed by atoms with Crippen molar-refractivity contribution in [1.29, 1.82) is 5.26 Å². The van der Waals surface area contributed by atoms with Crippen molar-refractivity contribution >= 4 is 22.4 Å². The first-order valence-corrected chi connectivity index (χ1v) is 14.1. The molecule has 0 spiro atoms. The van der Waals surface area contributed by atoms with Crippen LogP contribution in [0.5, 0.6) is 0 Å². The van der Waals surface area contributed by atoms with Crippen molar-refractivity contribution < 1.29 is 0 Å². The van der Waals surface area contributed by atoms with Gasteiger partial charge in [0, 0.05) is 94.0 Å². The summed E-state index contributed by atoms with van der Waals surface area (Å²) in [4.78, 5) is 19.8. The first-order valence-electron chi connectivity index (χ1n) is 14.1. The van der Waals surface area contributed by atoms with Gasteiger partial charge in [-0.2, -0.15) is 5.26 Å². The monoisotopic (exact) mass is 508 g/mol. The first kappa shape index (κ1) is 23.8. The summed E-state index contributed by atoms with van der Waals surface area (Å²) in [6, 6.07) is 14.4. The number of aromatic nitrogens is 2. The summed E-state index contributed by atoms with van der Waals surface area (Å²) in [6.07, 6.45) is 6.20. The molecule has 0 radical (unpaired) electrons. The Labute approximate surface area is 224 Å². The molecule has 0 amide bonds. The minimum atomic E-state index is 0.496. The van der Waals surface area contributed by atoms with E-state index >= 15 is 0 Å². The predicted molar refractivity (Wildman–Crippen MR) is 150 cm³/mol. The Morgan fingerprint density at radius 2 is 1.87 bits per heavy atom. The topological polar surface area (TPSA) is 74.6 Å². The lowest BCUT2D eigenvalue weighted by Gasteiger charge is -2.43. The molecular formula is C30H36N8. The molecule has 4 aliphatic rings. The fourth-order valence-corrected chi connectivity index (χ4v) is 7.21. The third kappa shape index (κ3) is 4.19. The molecule has 3 aromatic rings. The van der Waals surface area contributed by atoms with Gasteiger partial charge in [0.05, 0.1) is 11.1 Å². The van der Waals surface area contributed by atoms with Gasteiger partial charge < -0.3 is 15.1 Å². The van der Waals surface area contributed by atoms with Crippen molar-refractivity contribution in [1.82, 2.24) is 25.1 Å². The fourth-order valence-electron chi connectivity index (χ4n) is 7.21. The third-order valence-corrected chi connectivity index (χ3v) is 9.23. The van der Waals surface area contributed by atoms with Crippen molar-refractivity contribution in [2.75, 3.05) is 62.2 Å². The summed E-state index contributed by atoms with van der Waals surface area (Å²) in [5.74, 6) is 1.14. The van der Waals surface area contributed by atoms with Crippen molar-refractivity contribution in [3.05, 3.63) is 59.4 Å². The Morgan fingerprint density at radius 1 is 0.974 bits per heavy atom. The molecule has 1 N–H and O–H groups in total. The minimum Gasteiger partial charge on any atom is -0.368 e. The number of nitriles is 1. The number of nitrogens with zero attached hydrogens (tertiary/aromatic N) is 7. The maximum Gasteiger partial charge on any atom is 0.128 e. The molecule has 3 atom stereocenters. The zero-order valence-corrected chi connectivity index (χ0v) is 22.2. The average molecular weight is 509 g/mol. The Morgan fingerprint density at radius 3 is 2.74 bits per heavy atom. The van der Waals surface area contributed by atoms with Crippen LogP contribution in [0.4, 0.5) is 11.5 Å². The standard InChI is InChI=1S/C30H36N8/c1-21-18-37(28-5-4-22(15-31)30-27(28)3-2-7-33-30)19-26-14-25(20-38(21)26)35-9-11-36(12-10-35)29-13-24-16-32-8-6-23(24)17-34-29/h2-5,7,13,17,21,25-26,32H,6,8-12,14,16,18-20H2,1H3/t21-,25-,26+/m1/s1. The van der Waals surface area contributed by atoms with Crippen molar-refractivity contribution in [3.8, 4) is 6.07 Å².